The van der Waals surface area contributed by atoms with E-state index in [-0.39, 0.29) is 6.04 Å². The van der Waals surface area contributed by atoms with Gasteiger partial charge in [0.1, 0.15) is 11.5 Å². The Labute approximate surface area is 140 Å². The van der Waals surface area contributed by atoms with Gasteiger partial charge in [0, 0.05) is 19.2 Å². The Bertz CT molecular complexity index is 499. The molecule has 0 aromatic heterocycles. The average Bonchev–Trinajstić information content (AvgIpc) is 2.60. The first-order valence-electron chi connectivity index (χ1n) is 8.28. The van der Waals surface area contributed by atoms with Gasteiger partial charge in [-0.3, -0.25) is 4.99 Å². The van der Waals surface area contributed by atoms with Crippen LogP contribution in [0.5, 0.6) is 11.5 Å². The summed E-state index contributed by atoms with van der Waals surface area (Å²) >= 11 is 0. The topological polar surface area (TPSA) is 54.9 Å². The van der Waals surface area contributed by atoms with Gasteiger partial charge in [0.05, 0.1) is 20.3 Å². The largest absolute Gasteiger partial charge is 0.497 e. The summed E-state index contributed by atoms with van der Waals surface area (Å²) in [5.74, 6) is 3.11. The molecular weight excluding hydrogens is 290 g/mol. The number of hydrogen-bond acceptors (Lipinski definition) is 3. The number of rotatable bonds is 8. The number of methoxy groups -OCH3 is 2. The Kier molecular flexibility index (Phi) is 8.30. The fraction of sp³-hybridized carbons (Fsp3) is 0.611. The monoisotopic (exact) mass is 321 g/mol. The minimum absolute atomic E-state index is 0.0490. The SMILES string of the molecule is CCC(CC)CNC(=NC)NC(C)c1cc(OC)ccc1OC. The summed E-state index contributed by atoms with van der Waals surface area (Å²) in [6, 6.07) is 5.86. The van der Waals surface area contributed by atoms with Crippen LogP contribution in [0.15, 0.2) is 23.2 Å². The van der Waals surface area contributed by atoms with Crippen LogP contribution in [0.1, 0.15) is 45.2 Å². The number of hydrogen-bond donors (Lipinski definition) is 2. The highest BCUT2D eigenvalue weighted by atomic mass is 16.5. The number of guanidine groups is 1. The summed E-state index contributed by atoms with van der Waals surface area (Å²) in [6.45, 7) is 7.45. The van der Waals surface area contributed by atoms with E-state index in [0.717, 1.165) is 29.6 Å². The van der Waals surface area contributed by atoms with Crippen molar-refractivity contribution in [2.75, 3.05) is 27.8 Å². The maximum absolute atomic E-state index is 5.46. The van der Waals surface area contributed by atoms with Crippen LogP contribution in [0.2, 0.25) is 0 Å². The zero-order valence-electron chi connectivity index (χ0n) is 15.3. The third-order valence-corrected chi connectivity index (χ3v) is 4.19. The van der Waals surface area contributed by atoms with Gasteiger partial charge in [-0.2, -0.15) is 0 Å². The summed E-state index contributed by atoms with van der Waals surface area (Å²) in [5.41, 5.74) is 1.04. The first kappa shape index (κ1) is 19.1. The molecule has 1 unspecified atom stereocenters. The molecule has 0 saturated heterocycles. The summed E-state index contributed by atoms with van der Waals surface area (Å²) in [7, 11) is 5.13. The molecule has 0 aliphatic rings. The third kappa shape index (κ3) is 5.66. The molecule has 1 aromatic carbocycles. The summed E-state index contributed by atoms with van der Waals surface area (Å²) in [6.07, 6.45) is 2.33. The number of nitrogens with one attached hydrogen (secondary N) is 2. The molecule has 1 aromatic rings. The minimum Gasteiger partial charge on any atom is -0.497 e. The lowest BCUT2D eigenvalue weighted by atomic mass is 10.0. The zero-order valence-corrected chi connectivity index (χ0v) is 15.3. The standard InChI is InChI=1S/C18H31N3O2/c1-7-14(8-2)12-20-18(19-4)21-13(3)16-11-15(22-5)9-10-17(16)23-6/h9-11,13-14H,7-8,12H2,1-6H3,(H2,19,20,21). The minimum atomic E-state index is 0.0490. The Morgan fingerprint density at radius 3 is 2.39 bits per heavy atom. The zero-order chi connectivity index (χ0) is 17.2. The van der Waals surface area contributed by atoms with Gasteiger partial charge in [0.15, 0.2) is 5.96 Å². The van der Waals surface area contributed by atoms with E-state index in [2.05, 4.69) is 36.4 Å². The van der Waals surface area contributed by atoms with Gasteiger partial charge in [-0.05, 0) is 31.0 Å². The molecular formula is C18H31N3O2. The predicted octanol–water partition coefficient (Wildman–Crippen LogP) is 3.37. The molecule has 0 radical (unpaired) electrons. The maximum atomic E-state index is 5.46. The van der Waals surface area contributed by atoms with Crippen molar-refractivity contribution in [1.29, 1.82) is 0 Å². The van der Waals surface area contributed by atoms with Gasteiger partial charge in [0.25, 0.3) is 0 Å². The quantitative estimate of drug-likeness (QED) is 0.569. The number of aliphatic imine (C=N–C) groups is 1. The fourth-order valence-electron chi connectivity index (χ4n) is 2.47. The molecule has 0 amide bonds. The fourth-order valence-corrected chi connectivity index (χ4v) is 2.47. The van der Waals surface area contributed by atoms with Crippen molar-refractivity contribution >= 4 is 5.96 Å². The lowest BCUT2D eigenvalue weighted by Crippen LogP contribution is -2.40. The second kappa shape index (κ2) is 9.98. The molecule has 1 rings (SSSR count). The highest BCUT2D eigenvalue weighted by Gasteiger charge is 2.14. The molecule has 5 nitrogen and oxygen atoms in total. The summed E-state index contributed by atoms with van der Waals surface area (Å²) < 4.78 is 10.8. The van der Waals surface area contributed by atoms with Crippen molar-refractivity contribution in [3.05, 3.63) is 23.8 Å². The van der Waals surface area contributed by atoms with Crippen molar-refractivity contribution in [3.8, 4) is 11.5 Å². The van der Waals surface area contributed by atoms with E-state index in [9.17, 15) is 0 Å². The average molecular weight is 321 g/mol. The molecule has 2 N–H and O–H groups in total. The Morgan fingerprint density at radius 1 is 1.17 bits per heavy atom. The smallest absolute Gasteiger partial charge is 0.191 e. The van der Waals surface area contributed by atoms with Crippen molar-refractivity contribution < 1.29 is 9.47 Å². The van der Waals surface area contributed by atoms with Crippen LogP contribution in [0.4, 0.5) is 0 Å². The molecule has 0 aliphatic heterocycles. The Balaban J connectivity index is 2.78. The summed E-state index contributed by atoms with van der Waals surface area (Å²) in [4.78, 5) is 4.31. The van der Waals surface area contributed by atoms with Crippen LogP contribution < -0.4 is 20.1 Å². The van der Waals surface area contributed by atoms with Gasteiger partial charge >= 0.3 is 0 Å². The Morgan fingerprint density at radius 2 is 1.87 bits per heavy atom. The molecule has 23 heavy (non-hydrogen) atoms. The molecule has 0 fully saturated rings. The van der Waals surface area contributed by atoms with E-state index >= 15 is 0 Å². The van der Waals surface area contributed by atoms with E-state index in [4.69, 9.17) is 9.47 Å². The van der Waals surface area contributed by atoms with Crippen LogP contribution in [0, 0.1) is 5.92 Å². The van der Waals surface area contributed by atoms with Gasteiger partial charge in [0.2, 0.25) is 0 Å². The predicted molar refractivity (Wildman–Crippen MR) is 96.5 cm³/mol. The van der Waals surface area contributed by atoms with Crippen LogP contribution in [-0.4, -0.2) is 33.8 Å². The lowest BCUT2D eigenvalue weighted by Gasteiger charge is -2.22. The van der Waals surface area contributed by atoms with Gasteiger partial charge in [-0.25, -0.2) is 0 Å². The van der Waals surface area contributed by atoms with Gasteiger partial charge < -0.3 is 20.1 Å². The van der Waals surface area contributed by atoms with Crippen molar-refractivity contribution in [2.45, 2.75) is 39.7 Å². The lowest BCUT2D eigenvalue weighted by molar-refractivity contribution is 0.394. The van der Waals surface area contributed by atoms with Gasteiger partial charge in [-0.15, -0.1) is 0 Å². The number of ether oxygens (including phenoxy) is 2. The van der Waals surface area contributed by atoms with Crippen LogP contribution in [0.3, 0.4) is 0 Å². The van der Waals surface area contributed by atoms with Crippen LogP contribution >= 0.6 is 0 Å². The van der Waals surface area contributed by atoms with E-state index in [1.165, 1.54) is 12.8 Å². The van der Waals surface area contributed by atoms with E-state index < -0.39 is 0 Å². The van der Waals surface area contributed by atoms with E-state index in [1.807, 2.05) is 18.2 Å². The molecule has 0 aliphatic carbocycles. The summed E-state index contributed by atoms with van der Waals surface area (Å²) in [5, 5.41) is 6.82. The second-order valence-electron chi connectivity index (χ2n) is 5.61. The molecule has 0 spiro atoms. The highest BCUT2D eigenvalue weighted by molar-refractivity contribution is 5.80. The van der Waals surface area contributed by atoms with Crippen molar-refractivity contribution in [2.24, 2.45) is 10.9 Å². The normalized spacial score (nSPS) is 12.9. The molecule has 0 saturated carbocycles. The van der Waals surface area contributed by atoms with Crippen LogP contribution in [0.25, 0.3) is 0 Å². The second-order valence-corrected chi connectivity index (χ2v) is 5.61. The maximum Gasteiger partial charge on any atom is 0.191 e. The van der Waals surface area contributed by atoms with Crippen LogP contribution in [-0.2, 0) is 0 Å². The van der Waals surface area contributed by atoms with Crippen molar-refractivity contribution in [1.82, 2.24) is 10.6 Å². The van der Waals surface area contributed by atoms with Crippen molar-refractivity contribution in [3.63, 3.8) is 0 Å². The number of nitrogens with zero attached hydrogens (tertiary/aromatic N) is 1. The highest BCUT2D eigenvalue weighted by Crippen LogP contribution is 2.29. The molecule has 0 heterocycles. The third-order valence-electron chi connectivity index (χ3n) is 4.19. The van der Waals surface area contributed by atoms with E-state index in [0.29, 0.717) is 5.92 Å². The molecule has 130 valence electrons. The first-order valence-corrected chi connectivity index (χ1v) is 8.28. The van der Waals surface area contributed by atoms with Gasteiger partial charge in [-0.1, -0.05) is 26.7 Å². The molecule has 0 bridgehead atoms. The van der Waals surface area contributed by atoms with E-state index in [1.54, 1.807) is 21.3 Å². The number of benzene rings is 1. The Hall–Kier alpha value is -1.91. The molecule has 5 heteroatoms. The molecule has 1 atom stereocenters. The first-order chi connectivity index (χ1) is 11.1.